The van der Waals surface area contributed by atoms with Crippen LogP contribution in [-0.2, 0) is 0 Å². The van der Waals surface area contributed by atoms with Gasteiger partial charge in [-0.3, -0.25) is 0 Å². The third-order valence-electron chi connectivity index (χ3n) is 7.72. The van der Waals surface area contributed by atoms with Crippen LogP contribution < -0.4 is 0 Å². The van der Waals surface area contributed by atoms with Crippen molar-refractivity contribution in [3.63, 3.8) is 0 Å². The Bertz CT molecular complexity index is 333. The number of rotatable bonds is 25. The summed E-state index contributed by atoms with van der Waals surface area (Å²) in [5.41, 5.74) is 0. The molecule has 31 heavy (non-hydrogen) atoms. The van der Waals surface area contributed by atoms with Crippen LogP contribution in [0.4, 0.5) is 0 Å². The molecule has 0 aliphatic carbocycles. The van der Waals surface area contributed by atoms with E-state index in [4.69, 9.17) is 11.6 Å². The van der Waals surface area contributed by atoms with Crippen LogP contribution in [0.5, 0.6) is 0 Å². The maximum Gasteiger partial charge on any atom is 0.0469 e. The van der Waals surface area contributed by atoms with Gasteiger partial charge in [-0.2, -0.15) is 0 Å². The first-order valence-corrected chi connectivity index (χ1v) is 15.2. The summed E-state index contributed by atoms with van der Waals surface area (Å²) in [7, 11) is 0. The van der Waals surface area contributed by atoms with E-state index in [2.05, 4.69) is 27.7 Å². The molecule has 0 spiro atoms. The molecule has 0 amide bonds. The summed E-state index contributed by atoms with van der Waals surface area (Å²) < 4.78 is 0. The molecule has 0 radical (unpaired) electrons. The van der Waals surface area contributed by atoms with Gasteiger partial charge in [-0.1, -0.05) is 156 Å². The SMILES string of the molecule is CCCCCCCCCCCCCCCCC(CCCCCCCC)C(Cl)(CC)CC. The molecule has 0 aromatic carbocycles. The minimum Gasteiger partial charge on any atom is -0.119 e. The Balaban J connectivity index is 3.77. The Labute approximate surface area is 204 Å². The van der Waals surface area contributed by atoms with Crippen LogP contribution in [0.1, 0.15) is 182 Å². The van der Waals surface area contributed by atoms with Gasteiger partial charge in [0, 0.05) is 4.87 Å². The Hall–Kier alpha value is 0.290. The monoisotopic (exact) mass is 456 g/mol. The first-order valence-electron chi connectivity index (χ1n) is 14.8. The molecular weight excluding hydrogens is 396 g/mol. The molecule has 1 heteroatoms. The lowest BCUT2D eigenvalue weighted by Crippen LogP contribution is -2.30. The quantitative estimate of drug-likeness (QED) is 0.0945. The zero-order valence-corrected chi connectivity index (χ0v) is 23.2. The second kappa shape index (κ2) is 23.4. The van der Waals surface area contributed by atoms with Crippen LogP contribution in [0.3, 0.4) is 0 Å². The number of halogens is 1. The first-order chi connectivity index (χ1) is 15.1. The fourth-order valence-corrected chi connectivity index (χ4v) is 5.46. The molecule has 0 heterocycles. The van der Waals surface area contributed by atoms with Crippen molar-refractivity contribution in [3.8, 4) is 0 Å². The van der Waals surface area contributed by atoms with E-state index in [9.17, 15) is 0 Å². The fraction of sp³-hybridized carbons (Fsp3) is 1.00. The third-order valence-corrected chi connectivity index (χ3v) is 8.56. The normalized spacial score (nSPS) is 13.1. The summed E-state index contributed by atoms with van der Waals surface area (Å²) in [5, 5.41) is 0. The molecule has 0 aromatic heterocycles. The highest BCUT2D eigenvalue weighted by atomic mass is 35.5. The number of unbranched alkanes of at least 4 members (excludes halogenated alkanes) is 18. The highest BCUT2D eigenvalue weighted by Gasteiger charge is 2.32. The predicted molar refractivity (Wildman–Crippen MR) is 146 cm³/mol. The van der Waals surface area contributed by atoms with Crippen molar-refractivity contribution in [1.82, 2.24) is 0 Å². The van der Waals surface area contributed by atoms with E-state index in [0.717, 1.165) is 18.8 Å². The van der Waals surface area contributed by atoms with E-state index in [0.29, 0.717) is 0 Å². The molecule has 0 saturated heterocycles. The Morgan fingerprint density at radius 1 is 0.419 bits per heavy atom. The van der Waals surface area contributed by atoms with Gasteiger partial charge in [-0.15, -0.1) is 11.6 Å². The third kappa shape index (κ3) is 18.4. The van der Waals surface area contributed by atoms with Crippen molar-refractivity contribution in [1.29, 1.82) is 0 Å². The van der Waals surface area contributed by atoms with Gasteiger partial charge in [0.25, 0.3) is 0 Å². The van der Waals surface area contributed by atoms with Gasteiger partial charge in [-0.05, 0) is 31.6 Å². The van der Waals surface area contributed by atoms with Crippen molar-refractivity contribution in [2.24, 2.45) is 5.92 Å². The molecule has 0 nitrogen and oxygen atoms in total. The average Bonchev–Trinajstić information content (AvgIpc) is 2.79. The molecule has 0 aliphatic rings. The molecule has 0 aliphatic heterocycles. The summed E-state index contributed by atoms with van der Waals surface area (Å²) in [6, 6.07) is 0. The van der Waals surface area contributed by atoms with E-state index in [-0.39, 0.29) is 4.87 Å². The number of alkyl halides is 1. The number of hydrogen-bond donors (Lipinski definition) is 0. The zero-order valence-electron chi connectivity index (χ0n) is 22.4. The van der Waals surface area contributed by atoms with Gasteiger partial charge in [0.05, 0.1) is 0 Å². The van der Waals surface area contributed by atoms with Gasteiger partial charge in [0.15, 0.2) is 0 Å². The smallest absolute Gasteiger partial charge is 0.0469 e. The Kier molecular flexibility index (Phi) is 23.7. The molecule has 1 atom stereocenters. The molecule has 1 unspecified atom stereocenters. The lowest BCUT2D eigenvalue weighted by molar-refractivity contribution is 0.288. The van der Waals surface area contributed by atoms with Gasteiger partial charge >= 0.3 is 0 Å². The second-order valence-electron chi connectivity index (χ2n) is 10.4. The minimum absolute atomic E-state index is 0.0555. The standard InChI is InChI=1S/C30H61Cl/c1-5-9-11-13-15-16-17-18-19-20-21-22-24-26-28-29(30(31,7-3)8-4)27-25-23-14-12-10-6-2/h29H,5-28H2,1-4H3. The summed E-state index contributed by atoms with van der Waals surface area (Å²) in [6.45, 7) is 9.21. The predicted octanol–water partition coefficient (Wildman–Crippen LogP) is 12.0. The van der Waals surface area contributed by atoms with Crippen LogP contribution in [0.25, 0.3) is 0 Å². The summed E-state index contributed by atoms with van der Waals surface area (Å²) in [6.07, 6.45) is 33.6. The Morgan fingerprint density at radius 2 is 0.677 bits per heavy atom. The van der Waals surface area contributed by atoms with Crippen LogP contribution in [0, 0.1) is 5.92 Å². The molecule has 188 valence electrons. The van der Waals surface area contributed by atoms with Crippen molar-refractivity contribution in [2.75, 3.05) is 0 Å². The molecule has 0 rings (SSSR count). The maximum absolute atomic E-state index is 7.10. The van der Waals surface area contributed by atoms with Crippen LogP contribution >= 0.6 is 11.6 Å². The van der Waals surface area contributed by atoms with Crippen molar-refractivity contribution in [3.05, 3.63) is 0 Å². The van der Waals surface area contributed by atoms with Gasteiger partial charge in [0.1, 0.15) is 0 Å². The highest BCUT2D eigenvalue weighted by Crippen LogP contribution is 2.39. The van der Waals surface area contributed by atoms with Gasteiger partial charge in [0.2, 0.25) is 0 Å². The van der Waals surface area contributed by atoms with Gasteiger partial charge in [-0.25, -0.2) is 0 Å². The van der Waals surface area contributed by atoms with Crippen LogP contribution in [0.2, 0.25) is 0 Å². The largest absolute Gasteiger partial charge is 0.119 e. The fourth-order valence-electron chi connectivity index (χ4n) is 5.25. The average molecular weight is 457 g/mol. The van der Waals surface area contributed by atoms with E-state index in [1.54, 1.807) is 0 Å². The topological polar surface area (TPSA) is 0 Å². The maximum atomic E-state index is 7.10. The Morgan fingerprint density at radius 3 is 0.935 bits per heavy atom. The van der Waals surface area contributed by atoms with E-state index in [1.807, 2.05) is 0 Å². The molecular formula is C30H61Cl. The molecule has 0 saturated carbocycles. The van der Waals surface area contributed by atoms with Crippen molar-refractivity contribution >= 4 is 11.6 Å². The summed E-state index contributed by atoms with van der Waals surface area (Å²) >= 11 is 7.10. The van der Waals surface area contributed by atoms with Crippen molar-refractivity contribution < 1.29 is 0 Å². The zero-order chi connectivity index (χ0) is 23.0. The van der Waals surface area contributed by atoms with Crippen LogP contribution in [0.15, 0.2) is 0 Å². The minimum atomic E-state index is 0.0555. The molecule has 0 N–H and O–H groups in total. The van der Waals surface area contributed by atoms with E-state index < -0.39 is 0 Å². The molecule has 0 bridgehead atoms. The van der Waals surface area contributed by atoms with E-state index in [1.165, 1.54) is 141 Å². The lowest BCUT2D eigenvalue weighted by atomic mass is 9.80. The number of hydrogen-bond acceptors (Lipinski definition) is 0. The highest BCUT2D eigenvalue weighted by molar-refractivity contribution is 6.24. The summed E-state index contributed by atoms with van der Waals surface area (Å²) in [5.74, 6) is 0.729. The van der Waals surface area contributed by atoms with E-state index >= 15 is 0 Å². The molecule has 0 aromatic rings. The first kappa shape index (κ1) is 31.3. The summed E-state index contributed by atoms with van der Waals surface area (Å²) in [4.78, 5) is 0.0555. The second-order valence-corrected chi connectivity index (χ2v) is 11.1. The molecule has 0 fully saturated rings. The van der Waals surface area contributed by atoms with Crippen LogP contribution in [-0.4, -0.2) is 4.87 Å². The lowest BCUT2D eigenvalue weighted by Gasteiger charge is -2.34. The van der Waals surface area contributed by atoms with Crippen molar-refractivity contribution in [2.45, 2.75) is 187 Å². The van der Waals surface area contributed by atoms with Gasteiger partial charge < -0.3 is 0 Å².